The highest BCUT2D eigenvalue weighted by Gasteiger charge is 2.16. The number of aliphatic carboxylic acids is 1. The van der Waals surface area contributed by atoms with Crippen LogP contribution in [0.25, 0.3) is 0 Å². The molecule has 2 N–H and O–H groups in total. The van der Waals surface area contributed by atoms with E-state index in [0.717, 1.165) is 0 Å². The Balaban J connectivity index is 2.70. The predicted molar refractivity (Wildman–Crippen MR) is 64.2 cm³/mol. The van der Waals surface area contributed by atoms with Gasteiger partial charge in [0.1, 0.15) is 0 Å². The van der Waals surface area contributed by atoms with Crippen molar-refractivity contribution < 1.29 is 24.5 Å². The molecular formula is C13H16O5. The Kier molecular flexibility index (Phi) is 4.85. The zero-order valence-corrected chi connectivity index (χ0v) is 10.3. The largest absolute Gasteiger partial charge is 0.479 e. The third-order valence-electron chi connectivity index (χ3n) is 2.24. The Hall–Kier alpha value is -1.88. The predicted octanol–water partition coefficient (Wildman–Crippen LogP) is 1.62. The molecule has 98 valence electrons. The molecule has 0 aromatic heterocycles. The number of carboxylic acid groups (broad SMARTS) is 1. The number of benzene rings is 1. The SMILES string of the molecule is CC(C)COC(=O)c1ccc(C(O)C(=O)O)cc1. The molecule has 0 aliphatic rings. The summed E-state index contributed by atoms with van der Waals surface area (Å²) in [6, 6.07) is 5.66. The summed E-state index contributed by atoms with van der Waals surface area (Å²) in [7, 11) is 0. The summed E-state index contributed by atoms with van der Waals surface area (Å²) >= 11 is 0. The number of hydrogen-bond acceptors (Lipinski definition) is 4. The number of carboxylic acids is 1. The van der Waals surface area contributed by atoms with Crippen LogP contribution < -0.4 is 0 Å². The molecule has 1 aromatic rings. The molecular weight excluding hydrogens is 236 g/mol. The fourth-order valence-corrected chi connectivity index (χ4v) is 1.27. The molecule has 0 aliphatic carbocycles. The Morgan fingerprint density at radius 1 is 1.22 bits per heavy atom. The monoisotopic (exact) mass is 252 g/mol. The molecule has 0 radical (unpaired) electrons. The minimum absolute atomic E-state index is 0.225. The van der Waals surface area contributed by atoms with Gasteiger partial charge in [0, 0.05) is 0 Å². The molecule has 0 fully saturated rings. The number of carbonyl (C=O) groups is 2. The molecule has 1 atom stereocenters. The minimum atomic E-state index is -1.58. The number of hydrogen-bond donors (Lipinski definition) is 2. The number of aliphatic hydroxyl groups excluding tert-OH is 1. The molecule has 0 saturated heterocycles. The van der Waals surface area contributed by atoms with E-state index in [2.05, 4.69) is 0 Å². The highest BCUT2D eigenvalue weighted by Crippen LogP contribution is 2.14. The van der Waals surface area contributed by atoms with E-state index in [9.17, 15) is 14.7 Å². The van der Waals surface area contributed by atoms with E-state index in [1.807, 2.05) is 13.8 Å². The van der Waals surface area contributed by atoms with Crippen LogP contribution in [-0.4, -0.2) is 28.8 Å². The van der Waals surface area contributed by atoms with Crippen LogP contribution >= 0.6 is 0 Å². The van der Waals surface area contributed by atoms with Gasteiger partial charge in [0.25, 0.3) is 0 Å². The molecule has 18 heavy (non-hydrogen) atoms. The van der Waals surface area contributed by atoms with Gasteiger partial charge in [-0.05, 0) is 23.6 Å². The standard InChI is InChI=1S/C13H16O5/c1-8(2)7-18-13(17)10-5-3-9(4-6-10)11(14)12(15)16/h3-6,8,11,14H,7H2,1-2H3,(H,15,16). The zero-order chi connectivity index (χ0) is 13.7. The smallest absolute Gasteiger partial charge is 0.338 e. The molecule has 0 spiro atoms. The summed E-state index contributed by atoms with van der Waals surface area (Å²) < 4.78 is 5.02. The van der Waals surface area contributed by atoms with Gasteiger partial charge >= 0.3 is 11.9 Å². The molecule has 5 nitrogen and oxygen atoms in total. The van der Waals surface area contributed by atoms with Crippen molar-refractivity contribution >= 4 is 11.9 Å². The van der Waals surface area contributed by atoms with Gasteiger partial charge in [0.05, 0.1) is 12.2 Å². The highest BCUT2D eigenvalue weighted by molar-refractivity contribution is 5.89. The lowest BCUT2D eigenvalue weighted by atomic mass is 10.1. The zero-order valence-electron chi connectivity index (χ0n) is 10.3. The van der Waals surface area contributed by atoms with E-state index in [-0.39, 0.29) is 11.5 Å². The van der Waals surface area contributed by atoms with Crippen molar-refractivity contribution in [1.29, 1.82) is 0 Å². The van der Waals surface area contributed by atoms with Gasteiger partial charge in [-0.15, -0.1) is 0 Å². The van der Waals surface area contributed by atoms with Crippen molar-refractivity contribution in [2.24, 2.45) is 5.92 Å². The van der Waals surface area contributed by atoms with E-state index in [4.69, 9.17) is 9.84 Å². The van der Waals surface area contributed by atoms with E-state index in [1.54, 1.807) is 0 Å². The van der Waals surface area contributed by atoms with Gasteiger partial charge in [-0.25, -0.2) is 9.59 Å². The summed E-state index contributed by atoms with van der Waals surface area (Å²) in [5, 5.41) is 17.9. The quantitative estimate of drug-likeness (QED) is 0.778. The average Bonchev–Trinajstić information content (AvgIpc) is 2.35. The van der Waals surface area contributed by atoms with Crippen molar-refractivity contribution in [3.05, 3.63) is 35.4 Å². The third-order valence-corrected chi connectivity index (χ3v) is 2.24. The topological polar surface area (TPSA) is 83.8 Å². The van der Waals surface area contributed by atoms with Crippen molar-refractivity contribution in [2.75, 3.05) is 6.61 Å². The number of esters is 1. The molecule has 0 heterocycles. The van der Waals surface area contributed by atoms with E-state index in [0.29, 0.717) is 12.2 Å². The number of carbonyl (C=O) groups excluding carboxylic acids is 1. The first-order chi connectivity index (χ1) is 8.41. The lowest BCUT2D eigenvalue weighted by Crippen LogP contribution is -2.12. The summed E-state index contributed by atoms with van der Waals surface area (Å²) in [5.41, 5.74) is 0.555. The minimum Gasteiger partial charge on any atom is -0.479 e. The van der Waals surface area contributed by atoms with Gasteiger partial charge in [0.15, 0.2) is 6.10 Å². The number of aliphatic hydroxyl groups is 1. The molecule has 0 saturated carbocycles. The molecule has 0 amide bonds. The van der Waals surface area contributed by atoms with Crippen molar-refractivity contribution in [3.63, 3.8) is 0 Å². The first kappa shape index (κ1) is 14.2. The first-order valence-electron chi connectivity index (χ1n) is 5.59. The summed E-state index contributed by atoms with van der Waals surface area (Å²) in [6.07, 6.45) is -1.58. The second-order valence-electron chi connectivity index (χ2n) is 4.36. The van der Waals surface area contributed by atoms with Gasteiger partial charge in [-0.2, -0.15) is 0 Å². The fourth-order valence-electron chi connectivity index (χ4n) is 1.27. The molecule has 1 aromatic carbocycles. The number of rotatable bonds is 5. The van der Waals surface area contributed by atoms with Crippen LogP contribution in [0, 0.1) is 5.92 Å². The maximum atomic E-state index is 11.6. The lowest BCUT2D eigenvalue weighted by Gasteiger charge is -2.08. The Bertz CT molecular complexity index is 422. The molecule has 0 bridgehead atoms. The Labute approximate surface area is 105 Å². The van der Waals surface area contributed by atoms with Crippen LogP contribution in [0.1, 0.15) is 35.9 Å². The van der Waals surface area contributed by atoms with Crippen LogP contribution in [-0.2, 0) is 9.53 Å². The molecule has 0 aliphatic heterocycles. The summed E-state index contributed by atoms with van der Waals surface area (Å²) in [6.45, 7) is 4.19. The average molecular weight is 252 g/mol. The van der Waals surface area contributed by atoms with Crippen LogP contribution in [0.4, 0.5) is 0 Å². The van der Waals surface area contributed by atoms with Gasteiger partial charge in [-0.3, -0.25) is 0 Å². The molecule has 5 heteroatoms. The van der Waals surface area contributed by atoms with Crippen LogP contribution in [0.15, 0.2) is 24.3 Å². The van der Waals surface area contributed by atoms with Crippen LogP contribution in [0.2, 0.25) is 0 Å². The molecule has 1 unspecified atom stereocenters. The second-order valence-corrected chi connectivity index (χ2v) is 4.36. The molecule has 1 rings (SSSR count). The van der Waals surface area contributed by atoms with Gasteiger partial charge in [0.2, 0.25) is 0 Å². The van der Waals surface area contributed by atoms with Crippen molar-refractivity contribution in [3.8, 4) is 0 Å². The number of ether oxygens (including phenoxy) is 1. The van der Waals surface area contributed by atoms with Crippen LogP contribution in [0.3, 0.4) is 0 Å². The van der Waals surface area contributed by atoms with E-state index in [1.165, 1.54) is 24.3 Å². The maximum Gasteiger partial charge on any atom is 0.338 e. The highest BCUT2D eigenvalue weighted by atomic mass is 16.5. The van der Waals surface area contributed by atoms with E-state index >= 15 is 0 Å². The Morgan fingerprint density at radius 2 is 1.78 bits per heavy atom. The first-order valence-corrected chi connectivity index (χ1v) is 5.59. The third kappa shape index (κ3) is 3.85. The van der Waals surface area contributed by atoms with Gasteiger partial charge in [-0.1, -0.05) is 26.0 Å². The van der Waals surface area contributed by atoms with Crippen LogP contribution in [0.5, 0.6) is 0 Å². The summed E-state index contributed by atoms with van der Waals surface area (Å²) in [5.74, 6) is -1.53. The fraction of sp³-hybridized carbons (Fsp3) is 0.385. The Morgan fingerprint density at radius 3 is 2.22 bits per heavy atom. The van der Waals surface area contributed by atoms with Crippen molar-refractivity contribution in [1.82, 2.24) is 0 Å². The van der Waals surface area contributed by atoms with Gasteiger partial charge < -0.3 is 14.9 Å². The summed E-state index contributed by atoms with van der Waals surface area (Å²) in [4.78, 5) is 22.1. The van der Waals surface area contributed by atoms with Crippen molar-refractivity contribution in [2.45, 2.75) is 20.0 Å². The lowest BCUT2D eigenvalue weighted by molar-refractivity contribution is -0.146. The maximum absolute atomic E-state index is 11.6. The van der Waals surface area contributed by atoms with E-state index < -0.39 is 18.0 Å². The second kappa shape index (κ2) is 6.16. The normalized spacial score (nSPS) is 12.2.